The van der Waals surface area contributed by atoms with Gasteiger partial charge in [-0.25, -0.2) is 4.79 Å². The van der Waals surface area contributed by atoms with Crippen LogP contribution in [-0.4, -0.2) is 40.1 Å². The molecule has 6 heteroatoms. The highest BCUT2D eigenvalue weighted by Gasteiger charge is 2.21. The number of hydrogen-bond donors (Lipinski definition) is 0. The third-order valence-corrected chi connectivity index (χ3v) is 3.64. The Morgan fingerprint density at radius 3 is 2.31 bits per heavy atom. The Morgan fingerprint density at radius 1 is 0.962 bits per heavy atom. The van der Waals surface area contributed by atoms with E-state index in [0.29, 0.717) is 22.6 Å². The van der Waals surface area contributed by atoms with Crippen molar-refractivity contribution in [1.82, 2.24) is 0 Å². The standard InChI is InChI=1S/C20H21NO5/c1-23-13-18(20(22)25-3)16-10-5-6-11-17(16)19(21-26-4)14-8-7-9-15(12-14)24-2/h5-13H,1-4H3/b18-13+,21-19?. The largest absolute Gasteiger partial charge is 0.503 e. The highest BCUT2D eigenvalue weighted by molar-refractivity contribution is 6.22. The van der Waals surface area contributed by atoms with Gasteiger partial charge < -0.3 is 19.0 Å². The van der Waals surface area contributed by atoms with E-state index in [1.807, 2.05) is 42.5 Å². The summed E-state index contributed by atoms with van der Waals surface area (Å²) in [4.78, 5) is 17.3. The van der Waals surface area contributed by atoms with Crippen molar-refractivity contribution in [3.8, 4) is 5.75 Å². The van der Waals surface area contributed by atoms with Crippen molar-refractivity contribution in [2.75, 3.05) is 28.4 Å². The van der Waals surface area contributed by atoms with E-state index in [2.05, 4.69) is 5.16 Å². The van der Waals surface area contributed by atoms with Crippen LogP contribution < -0.4 is 4.74 Å². The molecule has 0 amide bonds. The summed E-state index contributed by atoms with van der Waals surface area (Å²) in [6.07, 6.45) is 1.35. The van der Waals surface area contributed by atoms with Crippen molar-refractivity contribution in [1.29, 1.82) is 0 Å². The highest BCUT2D eigenvalue weighted by atomic mass is 16.6. The molecule has 0 aliphatic heterocycles. The van der Waals surface area contributed by atoms with Crippen molar-refractivity contribution in [2.45, 2.75) is 0 Å². The molecule has 2 aromatic carbocycles. The van der Waals surface area contributed by atoms with Gasteiger partial charge in [-0.1, -0.05) is 41.6 Å². The Kier molecular flexibility index (Phi) is 6.79. The van der Waals surface area contributed by atoms with Crippen LogP contribution >= 0.6 is 0 Å². The van der Waals surface area contributed by atoms with E-state index in [4.69, 9.17) is 19.0 Å². The van der Waals surface area contributed by atoms with E-state index in [0.717, 1.165) is 5.56 Å². The Hall–Kier alpha value is -3.28. The van der Waals surface area contributed by atoms with E-state index in [1.54, 1.807) is 13.2 Å². The van der Waals surface area contributed by atoms with E-state index < -0.39 is 5.97 Å². The number of ether oxygens (including phenoxy) is 3. The van der Waals surface area contributed by atoms with E-state index in [9.17, 15) is 4.79 Å². The average molecular weight is 355 g/mol. The molecule has 0 bridgehead atoms. The van der Waals surface area contributed by atoms with Gasteiger partial charge in [-0.05, 0) is 12.1 Å². The van der Waals surface area contributed by atoms with Crippen molar-refractivity contribution in [3.05, 3.63) is 71.5 Å². The van der Waals surface area contributed by atoms with Gasteiger partial charge in [0.1, 0.15) is 24.1 Å². The molecular formula is C20H21NO5. The summed E-state index contributed by atoms with van der Waals surface area (Å²) < 4.78 is 15.2. The van der Waals surface area contributed by atoms with Crippen molar-refractivity contribution in [3.63, 3.8) is 0 Å². The number of methoxy groups -OCH3 is 3. The summed E-state index contributed by atoms with van der Waals surface area (Å²) in [6, 6.07) is 14.7. The minimum absolute atomic E-state index is 0.275. The molecule has 6 nitrogen and oxygen atoms in total. The zero-order chi connectivity index (χ0) is 18.9. The van der Waals surface area contributed by atoms with Crippen molar-refractivity contribution >= 4 is 17.3 Å². The molecule has 2 aromatic rings. The molecule has 0 saturated carbocycles. The van der Waals surface area contributed by atoms with Gasteiger partial charge >= 0.3 is 5.97 Å². The van der Waals surface area contributed by atoms with Crippen LogP contribution in [0.3, 0.4) is 0 Å². The lowest BCUT2D eigenvalue weighted by Crippen LogP contribution is -2.12. The average Bonchev–Trinajstić information content (AvgIpc) is 2.70. The lowest BCUT2D eigenvalue weighted by atomic mass is 9.93. The molecule has 26 heavy (non-hydrogen) atoms. The first-order valence-corrected chi connectivity index (χ1v) is 7.82. The third-order valence-electron chi connectivity index (χ3n) is 3.64. The zero-order valence-corrected chi connectivity index (χ0v) is 15.2. The Morgan fingerprint density at radius 2 is 1.69 bits per heavy atom. The molecule has 0 atom stereocenters. The van der Waals surface area contributed by atoms with Gasteiger partial charge in [0.2, 0.25) is 0 Å². The van der Waals surface area contributed by atoms with Gasteiger partial charge in [-0.2, -0.15) is 0 Å². The predicted octanol–water partition coefficient (Wildman–Crippen LogP) is 3.25. The normalized spacial score (nSPS) is 11.7. The van der Waals surface area contributed by atoms with Crippen LogP contribution in [0.2, 0.25) is 0 Å². The summed E-state index contributed by atoms with van der Waals surface area (Å²) in [6.45, 7) is 0. The number of hydrogen-bond acceptors (Lipinski definition) is 6. The van der Waals surface area contributed by atoms with Gasteiger partial charge in [0.25, 0.3) is 0 Å². The lowest BCUT2D eigenvalue weighted by molar-refractivity contribution is -0.133. The maximum Gasteiger partial charge on any atom is 0.341 e. The van der Waals surface area contributed by atoms with Crippen LogP contribution in [0.15, 0.2) is 59.9 Å². The van der Waals surface area contributed by atoms with Crippen LogP contribution in [0.25, 0.3) is 5.57 Å². The van der Waals surface area contributed by atoms with Crippen LogP contribution in [0.5, 0.6) is 5.75 Å². The van der Waals surface area contributed by atoms with E-state index in [1.165, 1.54) is 27.6 Å². The molecule has 136 valence electrons. The number of rotatable bonds is 7. The van der Waals surface area contributed by atoms with Crippen LogP contribution in [0, 0.1) is 0 Å². The van der Waals surface area contributed by atoms with Gasteiger partial charge in [0.05, 0.1) is 27.6 Å². The second kappa shape index (κ2) is 9.27. The van der Waals surface area contributed by atoms with Gasteiger partial charge in [0.15, 0.2) is 0 Å². The minimum Gasteiger partial charge on any atom is -0.503 e. The van der Waals surface area contributed by atoms with Crippen LogP contribution in [0.4, 0.5) is 0 Å². The minimum atomic E-state index is -0.512. The molecule has 0 radical (unpaired) electrons. The zero-order valence-electron chi connectivity index (χ0n) is 15.2. The fourth-order valence-corrected chi connectivity index (χ4v) is 2.49. The number of benzene rings is 2. The summed E-state index contributed by atoms with van der Waals surface area (Å²) in [5.74, 6) is 0.172. The summed E-state index contributed by atoms with van der Waals surface area (Å²) >= 11 is 0. The number of carbonyl (C=O) groups excluding carboxylic acids is 1. The summed E-state index contributed by atoms with van der Waals surface area (Å²) in [7, 11) is 5.85. The molecule has 0 heterocycles. The molecule has 0 aliphatic carbocycles. The second-order valence-corrected chi connectivity index (χ2v) is 5.16. The monoisotopic (exact) mass is 355 g/mol. The fraction of sp³-hybridized carbons (Fsp3) is 0.200. The smallest absolute Gasteiger partial charge is 0.341 e. The highest BCUT2D eigenvalue weighted by Crippen LogP contribution is 2.25. The Balaban J connectivity index is 2.66. The molecular weight excluding hydrogens is 334 g/mol. The number of carbonyl (C=O) groups is 1. The Labute approximate surface area is 152 Å². The van der Waals surface area contributed by atoms with Gasteiger partial charge in [0, 0.05) is 16.7 Å². The summed E-state index contributed by atoms with van der Waals surface area (Å²) in [5.41, 5.74) is 2.90. The maximum absolute atomic E-state index is 12.2. The third kappa shape index (κ3) is 4.22. The first kappa shape index (κ1) is 19.1. The molecule has 0 spiro atoms. The van der Waals surface area contributed by atoms with E-state index in [-0.39, 0.29) is 5.57 Å². The first-order chi connectivity index (χ1) is 12.7. The number of esters is 1. The van der Waals surface area contributed by atoms with Crippen LogP contribution in [-0.2, 0) is 19.1 Å². The van der Waals surface area contributed by atoms with Gasteiger partial charge in [-0.15, -0.1) is 0 Å². The topological polar surface area (TPSA) is 66.4 Å². The lowest BCUT2D eigenvalue weighted by Gasteiger charge is -2.14. The molecule has 0 unspecified atom stereocenters. The maximum atomic E-state index is 12.2. The van der Waals surface area contributed by atoms with E-state index >= 15 is 0 Å². The molecule has 2 rings (SSSR count). The molecule has 0 fully saturated rings. The Bertz CT molecular complexity index is 826. The molecule has 0 saturated heterocycles. The fourth-order valence-electron chi connectivity index (χ4n) is 2.49. The molecule has 0 aliphatic rings. The number of oxime groups is 1. The van der Waals surface area contributed by atoms with Gasteiger partial charge in [-0.3, -0.25) is 0 Å². The SMILES string of the molecule is CO/C=C(/C(=O)OC)c1ccccc1C(=NOC)c1cccc(OC)c1. The predicted molar refractivity (Wildman–Crippen MR) is 99.1 cm³/mol. The number of nitrogens with zero attached hydrogens (tertiary/aromatic N) is 1. The van der Waals surface area contributed by atoms with Crippen molar-refractivity contribution in [2.24, 2.45) is 5.16 Å². The quantitative estimate of drug-likeness (QED) is 0.251. The second-order valence-electron chi connectivity index (χ2n) is 5.16. The summed E-state index contributed by atoms with van der Waals surface area (Å²) in [5, 5.41) is 4.17. The molecule has 0 N–H and O–H groups in total. The van der Waals surface area contributed by atoms with Crippen LogP contribution in [0.1, 0.15) is 16.7 Å². The van der Waals surface area contributed by atoms with Crippen molar-refractivity contribution < 1.29 is 23.8 Å². The first-order valence-electron chi connectivity index (χ1n) is 7.82. The molecule has 0 aromatic heterocycles.